The number of methoxy groups -OCH3 is 1. The summed E-state index contributed by atoms with van der Waals surface area (Å²) < 4.78 is 30.3. The van der Waals surface area contributed by atoms with Gasteiger partial charge in [-0.1, -0.05) is 35.9 Å². The molecule has 4 rings (SSSR count). The highest BCUT2D eigenvalue weighted by Crippen LogP contribution is 2.34. The van der Waals surface area contributed by atoms with E-state index in [9.17, 15) is 13.2 Å². The van der Waals surface area contributed by atoms with Crippen molar-refractivity contribution in [3.05, 3.63) is 59.1 Å². The Morgan fingerprint density at radius 3 is 2.61 bits per heavy atom. The zero-order chi connectivity index (χ0) is 19.9. The largest absolute Gasteiger partial charge is 0.496 e. The van der Waals surface area contributed by atoms with E-state index in [1.165, 1.54) is 0 Å². The molecule has 0 radical (unpaired) electrons. The molecule has 2 heterocycles. The maximum Gasteiger partial charge on any atom is 0.241 e. The number of carbonyl (C=O) groups is 1. The molecule has 2 fully saturated rings. The zero-order valence-corrected chi connectivity index (χ0v) is 17.0. The Bertz CT molecular complexity index is 1010. The van der Waals surface area contributed by atoms with Crippen molar-refractivity contribution >= 4 is 33.0 Å². The average molecular weight is 421 g/mol. The van der Waals surface area contributed by atoms with Crippen LogP contribution in [-0.2, 0) is 21.2 Å². The highest BCUT2D eigenvalue weighted by molar-refractivity contribution is 7.91. The van der Waals surface area contributed by atoms with E-state index >= 15 is 0 Å². The first kappa shape index (κ1) is 19.2. The van der Waals surface area contributed by atoms with Gasteiger partial charge in [-0.3, -0.25) is 9.69 Å². The smallest absolute Gasteiger partial charge is 0.241 e. The molecule has 0 saturated carbocycles. The van der Waals surface area contributed by atoms with E-state index in [-0.39, 0.29) is 30.0 Å². The Labute approximate surface area is 169 Å². The number of benzene rings is 2. The average Bonchev–Trinajstić information content (AvgIpc) is 2.97. The second kappa shape index (κ2) is 7.39. The SMILES string of the molecule is COc1ccccc1CN1CC(=O)N(c2cccc(Cl)c2)[C@H]2CS(=O)(=O)C[C@H]21. The van der Waals surface area contributed by atoms with Crippen molar-refractivity contribution in [3.63, 3.8) is 0 Å². The number of ether oxygens (including phenoxy) is 1. The van der Waals surface area contributed by atoms with Crippen molar-refractivity contribution in [2.75, 3.05) is 30.1 Å². The lowest BCUT2D eigenvalue weighted by molar-refractivity contribution is -0.123. The van der Waals surface area contributed by atoms with Gasteiger partial charge in [-0.25, -0.2) is 8.42 Å². The van der Waals surface area contributed by atoms with Gasteiger partial charge < -0.3 is 9.64 Å². The van der Waals surface area contributed by atoms with Gasteiger partial charge >= 0.3 is 0 Å². The molecule has 2 atom stereocenters. The van der Waals surface area contributed by atoms with E-state index in [2.05, 4.69) is 0 Å². The zero-order valence-electron chi connectivity index (χ0n) is 15.4. The molecule has 2 saturated heterocycles. The predicted molar refractivity (Wildman–Crippen MR) is 109 cm³/mol. The van der Waals surface area contributed by atoms with Gasteiger partial charge in [-0.2, -0.15) is 0 Å². The number of anilines is 1. The Hall–Kier alpha value is -2.09. The van der Waals surface area contributed by atoms with Crippen molar-refractivity contribution in [2.45, 2.75) is 18.6 Å². The lowest BCUT2D eigenvalue weighted by Crippen LogP contribution is -2.61. The summed E-state index contributed by atoms with van der Waals surface area (Å²) in [4.78, 5) is 16.6. The standard InChI is InChI=1S/C20H21ClN2O4S/c1-27-19-8-3-2-5-14(19)10-22-11-20(24)23(16-7-4-6-15(21)9-16)18-13-28(25,26)12-17(18)22/h2-9,17-18H,10-13H2,1H3/t17-,18+/m1/s1. The number of hydrogen-bond donors (Lipinski definition) is 0. The summed E-state index contributed by atoms with van der Waals surface area (Å²) in [5.74, 6) is 0.593. The van der Waals surface area contributed by atoms with Gasteiger partial charge in [-0.15, -0.1) is 0 Å². The number of amides is 1. The fourth-order valence-corrected chi connectivity index (χ4v) is 6.31. The minimum atomic E-state index is -3.24. The van der Waals surface area contributed by atoms with Crippen LogP contribution in [0.15, 0.2) is 48.5 Å². The normalized spacial score (nSPS) is 24.2. The summed E-state index contributed by atoms with van der Waals surface area (Å²) in [5.41, 5.74) is 1.57. The van der Waals surface area contributed by atoms with Crippen LogP contribution in [0.1, 0.15) is 5.56 Å². The van der Waals surface area contributed by atoms with Gasteiger partial charge in [0.15, 0.2) is 9.84 Å². The number of nitrogens with zero attached hydrogens (tertiary/aromatic N) is 2. The van der Waals surface area contributed by atoms with Crippen LogP contribution in [0.5, 0.6) is 5.75 Å². The Morgan fingerprint density at radius 1 is 1.11 bits per heavy atom. The molecule has 0 aromatic heterocycles. The first-order chi connectivity index (χ1) is 13.4. The van der Waals surface area contributed by atoms with Gasteiger partial charge in [0.1, 0.15) is 5.75 Å². The summed E-state index contributed by atoms with van der Waals surface area (Å²) in [6, 6.07) is 13.9. The van der Waals surface area contributed by atoms with Crippen LogP contribution < -0.4 is 9.64 Å². The van der Waals surface area contributed by atoms with Crippen LogP contribution in [0.3, 0.4) is 0 Å². The molecule has 0 N–H and O–H groups in total. The maximum absolute atomic E-state index is 13.0. The van der Waals surface area contributed by atoms with Gasteiger partial charge in [0.25, 0.3) is 0 Å². The molecule has 0 spiro atoms. The summed E-state index contributed by atoms with van der Waals surface area (Å²) in [5, 5.41) is 0.513. The van der Waals surface area contributed by atoms with Crippen molar-refractivity contribution in [1.29, 1.82) is 0 Å². The second-order valence-electron chi connectivity index (χ2n) is 7.17. The Balaban J connectivity index is 1.68. The number of piperazine rings is 1. The maximum atomic E-state index is 13.0. The van der Waals surface area contributed by atoms with Gasteiger partial charge in [0.2, 0.25) is 5.91 Å². The molecule has 28 heavy (non-hydrogen) atoms. The lowest BCUT2D eigenvalue weighted by atomic mass is 10.0. The molecular formula is C20H21ClN2O4S. The van der Waals surface area contributed by atoms with Gasteiger partial charge in [-0.05, 0) is 24.3 Å². The number of para-hydroxylation sites is 1. The summed E-state index contributed by atoms with van der Waals surface area (Å²) in [7, 11) is -1.64. The molecule has 0 bridgehead atoms. The van der Waals surface area contributed by atoms with E-state index in [0.29, 0.717) is 17.3 Å². The first-order valence-electron chi connectivity index (χ1n) is 9.02. The third kappa shape index (κ3) is 3.62. The third-order valence-electron chi connectivity index (χ3n) is 5.35. The number of fused-ring (bicyclic) bond motifs is 1. The Morgan fingerprint density at radius 2 is 1.86 bits per heavy atom. The number of sulfone groups is 1. The molecule has 6 nitrogen and oxygen atoms in total. The van der Waals surface area contributed by atoms with Crippen LogP contribution >= 0.6 is 11.6 Å². The van der Waals surface area contributed by atoms with Crippen molar-refractivity contribution < 1.29 is 17.9 Å². The summed E-state index contributed by atoms with van der Waals surface area (Å²) in [6.07, 6.45) is 0. The van der Waals surface area contributed by atoms with Crippen molar-refractivity contribution in [3.8, 4) is 5.75 Å². The fraction of sp³-hybridized carbons (Fsp3) is 0.350. The molecule has 1 amide bonds. The summed E-state index contributed by atoms with van der Waals surface area (Å²) in [6.45, 7) is 0.594. The molecule has 2 aliphatic heterocycles. The molecular weight excluding hydrogens is 400 g/mol. The number of hydrogen-bond acceptors (Lipinski definition) is 5. The third-order valence-corrected chi connectivity index (χ3v) is 7.29. The quantitative estimate of drug-likeness (QED) is 0.759. The monoisotopic (exact) mass is 420 g/mol. The van der Waals surface area contributed by atoms with E-state index in [4.69, 9.17) is 16.3 Å². The van der Waals surface area contributed by atoms with Crippen LogP contribution in [0.2, 0.25) is 5.02 Å². The van der Waals surface area contributed by atoms with Crippen molar-refractivity contribution in [2.24, 2.45) is 0 Å². The van der Waals surface area contributed by atoms with Crippen LogP contribution in [0, 0.1) is 0 Å². The molecule has 2 aliphatic rings. The second-order valence-corrected chi connectivity index (χ2v) is 9.76. The number of carbonyl (C=O) groups excluding carboxylic acids is 1. The van der Waals surface area contributed by atoms with E-state index in [0.717, 1.165) is 11.3 Å². The van der Waals surface area contributed by atoms with E-state index in [1.54, 1.807) is 36.3 Å². The predicted octanol–water partition coefficient (Wildman–Crippen LogP) is 2.36. The van der Waals surface area contributed by atoms with Crippen molar-refractivity contribution in [1.82, 2.24) is 4.90 Å². The number of halogens is 1. The van der Waals surface area contributed by atoms with Crippen LogP contribution in [-0.4, -0.2) is 56.5 Å². The molecule has 0 unspecified atom stereocenters. The molecule has 0 aliphatic carbocycles. The Kier molecular flexibility index (Phi) is 5.07. The molecule has 2 aromatic rings. The minimum Gasteiger partial charge on any atom is -0.496 e. The highest BCUT2D eigenvalue weighted by atomic mass is 35.5. The summed E-state index contributed by atoms with van der Waals surface area (Å²) >= 11 is 6.10. The van der Waals surface area contributed by atoms with E-state index in [1.807, 2.05) is 29.2 Å². The highest BCUT2D eigenvalue weighted by Gasteiger charge is 2.49. The molecule has 148 valence electrons. The van der Waals surface area contributed by atoms with Gasteiger partial charge in [0, 0.05) is 28.9 Å². The lowest BCUT2D eigenvalue weighted by Gasteiger charge is -2.43. The molecule has 8 heteroatoms. The van der Waals surface area contributed by atoms with Gasteiger partial charge in [0.05, 0.1) is 31.2 Å². The van der Waals surface area contributed by atoms with Crippen LogP contribution in [0.4, 0.5) is 5.69 Å². The number of rotatable bonds is 4. The topological polar surface area (TPSA) is 66.9 Å². The molecule has 2 aromatic carbocycles. The van der Waals surface area contributed by atoms with E-state index < -0.39 is 15.9 Å². The van der Waals surface area contributed by atoms with Crippen LogP contribution in [0.25, 0.3) is 0 Å². The fourth-order valence-electron chi connectivity index (χ4n) is 4.15. The minimum absolute atomic E-state index is 0.0389. The first-order valence-corrected chi connectivity index (χ1v) is 11.2.